The highest BCUT2D eigenvalue weighted by molar-refractivity contribution is 5.30. The number of hydrogen-bond acceptors (Lipinski definition) is 1. The maximum Gasteiger partial charge on any atom is 0.573 e. The molecule has 0 aliphatic heterocycles. The van der Waals surface area contributed by atoms with Gasteiger partial charge in [0.05, 0.1) is 0 Å². The number of rotatable bonds is 6. The number of aryl methyl sites for hydroxylation is 1. The van der Waals surface area contributed by atoms with E-state index in [1.165, 1.54) is 6.07 Å². The van der Waals surface area contributed by atoms with Crippen molar-refractivity contribution >= 4 is 0 Å². The summed E-state index contributed by atoms with van der Waals surface area (Å²) in [5.74, 6) is -1.75. The third-order valence-corrected chi connectivity index (χ3v) is 2.54. The van der Waals surface area contributed by atoms with Crippen LogP contribution in [0, 0.1) is 5.82 Å². The first-order valence-corrected chi connectivity index (χ1v) is 5.96. The maximum atomic E-state index is 13.1. The molecule has 0 fully saturated rings. The molecule has 1 aromatic carbocycles. The predicted molar refractivity (Wildman–Crippen MR) is 60.9 cm³/mol. The van der Waals surface area contributed by atoms with E-state index >= 15 is 0 Å². The molecular formula is C13H16F4O. The van der Waals surface area contributed by atoms with Gasteiger partial charge >= 0.3 is 6.36 Å². The second kappa shape index (κ2) is 6.61. The van der Waals surface area contributed by atoms with Crippen molar-refractivity contribution in [1.82, 2.24) is 0 Å². The topological polar surface area (TPSA) is 9.23 Å². The molecule has 0 atom stereocenters. The molecule has 0 amide bonds. The molecular weight excluding hydrogens is 248 g/mol. The Hall–Kier alpha value is -1.26. The first-order chi connectivity index (χ1) is 8.42. The Balaban J connectivity index is 2.63. The molecule has 0 N–H and O–H groups in total. The largest absolute Gasteiger partial charge is 0.573 e. The van der Waals surface area contributed by atoms with E-state index in [4.69, 9.17) is 0 Å². The molecule has 0 aliphatic rings. The van der Waals surface area contributed by atoms with Crippen LogP contribution in [-0.4, -0.2) is 6.36 Å². The third-order valence-electron chi connectivity index (χ3n) is 2.54. The van der Waals surface area contributed by atoms with Crippen molar-refractivity contribution in [1.29, 1.82) is 0 Å². The van der Waals surface area contributed by atoms with Gasteiger partial charge in [0.1, 0.15) is 0 Å². The summed E-state index contributed by atoms with van der Waals surface area (Å²) in [4.78, 5) is 0. The molecule has 0 spiro atoms. The van der Waals surface area contributed by atoms with E-state index < -0.39 is 17.9 Å². The van der Waals surface area contributed by atoms with Crippen LogP contribution in [0.15, 0.2) is 18.2 Å². The van der Waals surface area contributed by atoms with E-state index in [1.54, 1.807) is 0 Å². The molecule has 18 heavy (non-hydrogen) atoms. The van der Waals surface area contributed by atoms with Crippen molar-refractivity contribution in [2.24, 2.45) is 0 Å². The lowest BCUT2D eigenvalue weighted by atomic mass is 10.1. The number of hydrogen-bond donors (Lipinski definition) is 0. The summed E-state index contributed by atoms with van der Waals surface area (Å²) < 4.78 is 52.8. The molecule has 0 saturated heterocycles. The Morgan fingerprint density at radius 3 is 2.44 bits per heavy atom. The lowest BCUT2D eigenvalue weighted by Gasteiger charge is -2.11. The highest BCUT2D eigenvalue weighted by Gasteiger charge is 2.32. The summed E-state index contributed by atoms with van der Waals surface area (Å²) in [5.41, 5.74) is 0.659. The van der Waals surface area contributed by atoms with Crippen LogP contribution < -0.4 is 4.74 Å². The Bertz CT molecular complexity index is 374. The molecule has 1 aromatic rings. The van der Waals surface area contributed by atoms with Crippen molar-refractivity contribution < 1.29 is 22.3 Å². The number of benzene rings is 1. The number of alkyl halides is 3. The molecule has 0 bridgehead atoms. The van der Waals surface area contributed by atoms with Crippen molar-refractivity contribution in [3.05, 3.63) is 29.6 Å². The lowest BCUT2D eigenvalue weighted by Crippen LogP contribution is -2.18. The smallest absolute Gasteiger partial charge is 0.403 e. The Kier molecular flexibility index (Phi) is 5.44. The Morgan fingerprint density at radius 2 is 1.83 bits per heavy atom. The average Bonchev–Trinajstić information content (AvgIpc) is 2.27. The monoisotopic (exact) mass is 264 g/mol. The number of unbranched alkanes of at least 4 members (excludes halogenated alkanes) is 3. The van der Waals surface area contributed by atoms with Crippen LogP contribution in [0.2, 0.25) is 0 Å². The van der Waals surface area contributed by atoms with Gasteiger partial charge in [0.15, 0.2) is 11.6 Å². The fraction of sp³-hybridized carbons (Fsp3) is 0.538. The second-order valence-electron chi connectivity index (χ2n) is 4.12. The van der Waals surface area contributed by atoms with Crippen molar-refractivity contribution in [2.75, 3.05) is 0 Å². The van der Waals surface area contributed by atoms with Crippen LogP contribution >= 0.6 is 0 Å². The summed E-state index contributed by atoms with van der Waals surface area (Å²) in [6.07, 6.45) is -0.149. The van der Waals surface area contributed by atoms with E-state index in [0.29, 0.717) is 12.0 Å². The van der Waals surface area contributed by atoms with Gasteiger partial charge in [0, 0.05) is 0 Å². The quantitative estimate of drug-likeness (QED) is 0.527. The summed E-state index contributed by atoms with van der Waals surface area (Å²) in [6, 6.07) is 3.62. The molecule has 102 valence electrons. The molecule has 5 heteroatoms. The molecule has 0 radical (unpaired) electrons. The molecule has 0 saturated carbocycles. The van der Waals surface area contributed by atoms with Gasteiger partial charge in [-0.2, -0.15) is 0 Å². The molecule has 0 unspecified atom stereocenters. The van der Waals surface area contributed by atoms with Crippen molar-refractivity contribution in [2.45, 2.75) is 45.4 Å². The van der Waals surface area contributed by atoms with Crippen molar-refractivity contribution in [3.63, 3.8) is 0 Å². The standard InChI is InChI=1S/C13H16F4O/c1-2-3-4-5-6-10-7-8-11(14)12(9-10)18-13(15,16)17/h7-9H,2-6H2,1H3. The fourth-order valence-corrected chi connectivity index (χ4v) is 1.66. The van der Waals surface area contributed by atoms with Crippen LogP contribution in [0.5, 0.6) is 5.75 Å². The highest BCUT2D eigenvalue weighted by atomic mass is 19.4. The zero-order chi connectivity index (χ0) is 13.6. The lowest BCUT2D eigenvalue weighted by molar-refractivity contribution is -0.275. The molecule has 0 aromatic heterocycles. The SMILES string of the molecule is CCCCCCc1ccc(F)c(OC(F)(F)F)c1. The Morgan fingerprint density at radius 1 is 1.11 bits per heavy atom. The van der Waals surface area contributed by atoms with Gasteiger partial charge in [-0.1, -0.05) is 32.3 Å². The normalized spacial score (nSPS) is 11.6. The number of ether oxygens (including phenoxy) is 1. The summed E-state index contributed by atoms with van der Waals surface area (Å²) in [6.45, 7) is 2.08. The van der Waals surface area contributed by atoms with Crippen molar-refractivity contribution in [3.8, 4) is 5.75 Å². The van der Waals surface area contributed by atoms with Gasteiger partial charge < -0.3 is 4.74 Å². The first-order valence-electron chi connectivity index (χ1n) is 5.96. The molecule has 0 aliphatic carbocycles. The van der Waals surface area contributed by atoms with Crippen LogP contribution in [0.1, 0.15) is 38.2 Å². The zero-order valence-electron chi connectivity index (χ0n) is 10.2. The van der Waals surface area contributed by atoms with Gasteiger partial charge in [-0.25, -0.2) is 4.39 Å². The van der Waals surface area contributed by atoms with Crippen LogP contribution in [-0.2, 0) is 6.42 Å². The summed E-state index contributed by atoms with van der Waals surface area (Å²) >= 11 is 0. The molecule has 1 rings (SSSR count). The summed E-state index contributed by atoms with van der Waals surface area (Å²) in [5, 5.41) is 0. The van der Waals surface area contributed by atoms with E-state index in [-0.39, 0.29) is 0 Å². The minimum absolute atomic E-state index is 0.633. The number of halogens is 4. The minimum atomic E-state index is -4.86. The van der Waals surface area contributed by atoms with Crippen LogP contribution in [0.3, 0.4) is 0 Å². The molecule has 1 nitrogen and oxygen atoms in total. The van der Waals surface area contributed by atoms with Gasteiger partial charge in [0.2, 0.25) is 0 Å². The van der Waals surface area contributed by atoms with E-state index in [1.807, 2.05) is 0 Å². The molecule has 0 heterocycles. The van der Waals surface area contributed by atoms with E-state index in [2.05, 4.69) is 11.7 Å². The van der Waals surface area contributed by atoms with E-state index in [0.717, 1.165) is 37.8 Å². The minimum Gasteiger partial charge on any atom is -0.403 e. The predicted octanol–water partition coefficient (Wildman–Crippen LogP) is 4.85. The zero-order valence-corrected chi connectivity index (χ0v) is 10.2. The average molecular weight is 264 g/mol. The highest BCUT2D eigenvalue weighted by Crippen LogP contribution is 2.27. The van der Waals surface area contributed by atoms with Crippen LogP contribution in [0.4, 0.5) is 17.6 Å². The van der Waals surface area contributed by atoms with Gasteiger partial charge in [-0.3, -0.25) is 0 Å². The maximum absolute atomic E-state index is 13.1. The fourth-order valence-electron chi connectivity index (χ4n) is 1.66. The van der Waals surface area contributed by atoms with Gasteiger partial charge in [-0.15, -0.1) is 13.2 Å². The summed E-state index contributed by atoms with van der Waals surface area (Å²) in [7, 11) is 0. The second-order valence-corrected chi connectivity index (χ2v) is 4.12. The van der Waals surface area contributed by atoms with Crippen LogP contribution in [0.25, 0.3) is 0 Å². The van der Waals surface area contributed by atoms with E-state index in [9.17, 15) is 17.6 Å². The third kappa shape index (κ3) is 5.38. The van der Waals surface area contributed by atoms with Gasteiger partial charge in [-0.05, 0) is 30.5 Å². The van der Waals surface area contributed by atoms with Gasteiger partial charge in [0.25, 0.3) is 0 Å². The first kappa shape index (κ1) is 14.8. The Labute approximate surface area is 104 Å².